The molecule has 0 aliphatic heterocycles. The Morgan fingerprint density at radius 3 is 2.34 bits per heavy atom. The molecule has 0 radical (unpaired) electrons. The number of fused-ring (bicyclic) bond motifs is 1. The predicted molar refractivity (Wildman–Crippen MR) is 197 cm³/mol. The molecule has 0 spiro atoms. The normalized spacial score (nSPS) is 12.8. The predicted octanol–water partition coefficient (Wildman–Crippen LogP) is 7.35. The maximum absolute atomic E-state index is 13.7. The van der Waals surface area contributed by atoms with E-state index in [4.69, 9.17) is 14.2 Å². The van der Waals surface area contributed by atoms with E-state index in [0.29, 0.717) is 38.9 Å². The SMILES string of the molecule is COC(=O)c1c(NC(=O)CSc2cccc(NC(=O)/C(=C\c3cccc(OC)c3OC)NC(=O)c3ccccc3)c2)sc2c1CCCCCC2. The lowest BCUT2D eigenvalue weighted by atomic mass is 9.96. The van der Waals surface area contributed by atoms with Crippen LogP contribution in [0.25, 0.3) is 6.08 Å². The van der Waals surface area contributed by atoms with Crippen molar-refractivity contribution in [3.8, 4) is 11.5 Å². The standard InChI is InChI=1S/C38H39N3O7S2/c1-46-30-19-11-15-25(34(30)47-2)21-29(40-35(43)24-13-7-6-8-14-24)36(44)39-26-16-12-17-27(22-26)49-23-32(42)41-37-33(38(45)48-3)28-18-9-4-5-10-20-31(28)50-37/h6-8,11-17,19,21-22H,4-5,9-10,18,20,23H2,1-3H3,(H,39,44)(H,40,43)(H,41,42)/b29-21+. The van der Waals surface area contributed by atoms with Gasteiger partial charge in [0.05, 0.1) is 32.6 Å². The third-order valence-corrected chi connectivity index (χ3v) is 10.2. The van der Waals surface area contributed by atoms with Crippen LogP contribution in [0.5, 0.6) is 11.5 Å². The molecule has 1 aromatic heterocycles. The molecule has 0 atom stereocenters. The van der Waals surface area contributed by atoms with E-state index in [1.165, 1.54) is 50.5 Å². The van der Waals surface area contributed by atoms with Gasteiger partial charge in [0.1, 0.15) is 10.7 Å². The Morgan fingerprint density at radius 2 is 1.60 bits per heavy atom. The number of esters is 1. The van der Waals surface area contributed by atoms with Gasteiger partial charge in [0, 0.05) is 26.6 Å². The highest BCUT2D eigenvalue weighted by molar-refractivity contribution is 8.00. The average molecular weight is 714 g/mol. The van der Waals surface area contributed by atoms with Crippen molar-refractivity contribution >= 4 is 63.6 Å². The zero-order valence-electron chi connectivity index (χ0n) is 28.1. The highest BCUT2D eigenvalue weighted by Gasteiger charge is 2.26. The smallest absolute Gasteiger partial charge is 0.341 e. The van der Waals surface area contributed by atoms with E-state index in [9.17, 15) is 19.2 Å². The largest absolute Gasteiger partial charge is 0.493 e. The van der Waals surface area contributed by atoms with E-state index in [2.05, 4.69) is 16.0 Å². The van der Waals surface area contributed by atoms with E-state index in [0.717, 1.165) is 53.9 Å². The van der Waals surface area contributed by atoms with Gasteiger partial charge in [-0.3, -0.25) is 14.4 Å². The van der Waals surface area contributed by atoms with Crippen LogP contribution >= 0.6 is 23.1 Å². The Hall–Kier alpha value is -5.07. The number of amides is 3. The fourth-order valence-corrected chi connectivity index (χ4v) is 7.67. The van der Waals surface area contributed by atoms with Crippen LogP contribution < -0.4 is 25.4 Å². The molecule has 3 aromatic carbocycles. The number of hydrogen-bond acceptors (Lipinski definition) is 9. The molecule has 0 fully saturated rings. The molecule has 0 saturated heterocycles. The van der Waals surface area contributed by atoms with Crippen LogP contribution in [0.15, 0.2) is 83.4 Å². The van der Waals surface area contributed by atoms with E-state index in [-0.39, 0.29) is 17.4 Å². The molecule has 1 heterocycles. The topological polar surface area (TPSA) is 132 Å². The second-order valence-electron chi connectivity index (χ2n) is 11.4. The number of carbonyl (C=O) groups excluding carboxylic acids is 4. The number of para-hydroxylation sites is 1. The van der Waals surface area contributed by atoms with Crippen molar-refractivity contribution in [3.05, 3.63) is 106 Å². The number of benzene rings is 3. The van der Waals surface area contributed by atoms with Crippen molar-refractivity contribution < 1.29 is 33.4 Å². The van der Waals surface area contributed by atoms with Gasteiger partial charge in [-0.2, -0.15) is 0 Å². The van der Waals surface area contributed by atoms with Gasteiger partial charge in [0.25, 0.3) is 11.8 Å². The molecule has 4 aromatic rings. The lowest BCUT2D eigenvalue weighted by Gasteiger charge is -2.14. The molecule has 260 valence electrons. The van der Waals surface area contributed by atoms with Crippen molar-refractivity contribution in [2.45, 2.75) is 43.4 Å². The summed E-state index contributed by atoms with van der Waals surface area (Å²) < 4.78 is 16.0. The van der Waals surface area contributed by atoms with Gasteiger partial charge in [-0.15, -0.1) is 23.1 Å². The van der Waals surface area contributed by atoms with Gasteiger partial charge < -0.3 is 30.2 Å². The van der Waals surface area contributed by atoms with E-state index >= 15 is 0 Å². The summed E-state index contributed by atoms with van der Waals surface area (Å²) >= 11 is 2.75. The number of hydrogen-bond donors (Lipinski definition) is 3. The molecule has 50 heavy (non-hydrogen) atoms. The van der Waals surface area contributed by atoms with Crippen molar-refractivity contribution in [1.82, 2.24) is 5.32 Å². The Morgan fingerprint density at radius 1 is 0.840 bits per heavy atom. The summed E-state index contributed by atoms with van der Waals surface area (Å²) in [5.41, 5.74) is 2.80. The first kappa shape index (κ1) is 36.2. The quantitative estimate of drug-likeness (QED) is 0.0789. The first-order valence-corrected chi connectivity index (χ1v) is 18.0. The maximum Gasteiger partial charge on any atom is 0.341 e. The molecule has 3 amide bonds. The van der Waals surface area contributed by atoms with Gasteiger partial charge in [-0.1, -0.05) is 49.2 Å². The number of thiophene rings is 1. The fraction of sp³-hybridized carbons (Fsp3) is 0.263. The second-order valence-corrected chi connectivity index (χ2v) is 13.5. The van der Waals surface area contributed by atoms with Crippen LogP contribution in [0.3, 0.4) is 0 Å². The van der Waals surface area contributed by atoms with Gasteiger partial charge >= 0.3 is 5.97 Å². The maximum atomic E-state index is 13.7. The van der Waals surface area contributed by atoms with Crippen LogP contribution in [0, 0.1) is 0 Å². The summed E-state index contributed by atoms with van der Waals surface area (Å²) in [6, 6.07) is 20.9. The Kier molecular flexibility index (Phi) is 12.7. The summed E-state index contributed by atoms with van der Waals surface area (Å²) in [5.74, 6) is -0.778. The first-order valence-electron chi connectivity index (χ1n) is 16.2. The molecule has 0 saturated carbocycles. The molecule has 0 bridgehead atoms. The highest BCUT2D eigenvalue weighted by atomic mass is 32.2. The number of methoxy groups -OCH3 is 3. The van der Waals surface area contributed by atoms with Crippen molar-refractivity contribution in [2.24, 2.45) is 0 Å². The summed E-state index contributed by atoms with van der Waals surface area (Å²) in [7, 11) is 4.37. The van der Waals surface area contributed by atoms with Gasteiger partial charge in [0.15, 0.2) is 11.5 Å². The van der Waals surface area contributed by atoms with Gasteiger partial charge in [-0.05, 0) is 73.7 Å². The third kappa shape index (κ3) is 9.13. The monoisotopic (exact) mass is 713 g/mol. The summed E-state index contributed by atoms with van der Waals surface area (Å²) in [5, 5.41) is 9.07. The lowest BCUT2D eigenvalue weighted by Crippen LogP contribution is -2.30. The van der Waals surface area contributed by atoms with E-state index in [1.807, 2.05) is 6.07 Å². The Labute approximate surface area is 299 Å². The number of carbonyl (C=O) groups is 4. The number of aryl methyl sites for hydroxylation is 1. The fourth-order valence-electron chi connectivity index (χ4n) is 5.62. The number of thioether (sulfide) groups is 1. The minimum absolute atomic E-state index is 0.0192. The number of anilines is 2. The Balaban J connectivity index is 1.31. The molecular formula is C38H39N3O7S2. The molecular weight excluding hydrogens is 675 g/mol. The van der Waals surface area contributed by atoms with Crippen molar-refractivity contribution in [3.63, 3.8) is 0 Å². The molecule has 1 aliphatic carbocycles. The minimum Gasteiger partial charge on any atom is -0.493 e. The molecule has 10 nitrogen and oxygen atoms in total. The summed E-state index contributed by atoms with van der Waals surface area (Å²) in [6.07, 6.45) is 7.51. The summed E-state index contributed by atoms with van der Waals surface area (Å²) in [4.78, 5) is 54.5. The second kappa shape index (κ2) is 17.5. The minimum atomic E-state index is -0.567. The van der Waals surface area contributed by atoms with Crippen molar-refractivity contribution in [1.29, 1.82) is 0 Å². The van der Waals surface area contributed by atoms with E-state index in [1.54, 1.807) is 66.7 Å². The highest BCUT2D eigenvalue weighted by Crippen LogP contribution is 2.38. The zero-order chi connectivity index (χ0) is 35.5. The van der Waals surface area contributed by atoms with Gasteiger partial charge in [0.2, 0.25) is 5.91 Å². The molecule has 1 aliphatic rings. The Bertz CT molecular complexity index is 1890. The molecule has 0 unspecified atom stereocenters. The molecule has 5 rings (SSSR count). The van der Waals surface area contributed by atoms with Crippen LogP contribution in [0.2, 0.25) is 0 Å². The number of ether oxygens (including phenoxy) is 3. The van der Waals surface area contributed by atoms with Crippen LogP contribution in [-0.4, -0.2) is 50.8 Å². The zero-order valence-corrected chi connectivity index (χ0v) is 29.8. The van der Waals surface area contributed by atoms with Crippen molar-refractivity contribution in [2.75, 3.05) is 37.7 Å². The van der Waals surface area contributed by atoms with Crippen LogP contribution in [0.4, 0.5) is 10.7 Å². The number of rotatable bonds is 12. The summed E-state index contributed by atoms with van der Waals surface area (Å²) in [6.45, 7) is 0. The first-order chi connectivity index (χ1) is 24.3. The van der Waals surface area contributed by atoms with Crippen LogP contribution in [0.1, 0.15) is 62.4 Å². The lowest BCUT2D eigenvalue weighted by molar-refractivity contribution is -0.114. The van der Waals surface area contributed by atoms with E-state index < -0.39 is 17.8 Å². The van der Waals surface area contributed by atoms with Gasteiger partial charge in [-0.25, -0.2) is 4.79 Å². The number of nitrogens with one attached hydrogen (secondary N) is 3. The average Bonchev–Trinajstić information content (AvgIpc) is 3.45. The van der Waals surface area contributed by atoms with Crippen LogP contribution in [-0.2, 0) is 27.2 Å². The molecule has 3 N–H and O–H groups in total. The third-order valence-electron chi connectivity index (χ3n) is 8.04. The molecule has 12 heteroatoms.